The van der Waals surface area contributed by atoms with Crippen LogP contribution in [0.5, 0.6) is 0 Å². The molecule has 136 valence electrons. The van der Waals surface area contributed by atoms with Crippen molar-refractivity contribution in [1.29, 1.82) is 0 Å². The Labute approximate surface area is 147 Å². The molecule has 0 aliphatic carbocycles. The lowest BCUT2D eigenvalue weighted by Gasteiger charge is -2.33. The van der Waals surface area contributed by atoms with Gasteiger partial charge in [0.15, 0.2) is 0 Å². The van der Waals surface area contributed by atoms with Gasteiger partial charge in [-0.3, -0.25) is 9.69 Å². The number of piperidine rings is 1. The van der Waals surface area contributed by atoms with Gasteiger partial charge in [0.25, 0.3) is 0 Å². The van der Waals surface area contributed by atoms with Crippen molar-refractivity contribution in [3.8, 4) is 0 Å². The Balaban J connectivity index is 1.85. The van der Waals surface area contributed by atoms with Crippen molar-refractivity contribution >= 4 is 18.3 Å². The molecule has 1 fully saturated rings. The average molecular weight is 347 g/mol. The van der Waals surface area contributed by atoms with Crippen LogP contribution in [0, 0.1) is 0 Å². The number of carbonyl (C=O) groups excluding carboxylic acids is 3. The molecule has 25 heavy (non-hydrogen) atoms. The number of alkyl carbamates (subject to hydrolysis) is 1. The third-order valence-corrected chi connectivity index (χ3v) is 4.32. The van der Waals surface area contributed by atoms with Crippen LogP contribution in [0.3, 0.4) is 0 Å². The maximum Gasteiger partial charge on any atom is 0.408 e. The van der Waals surface area contributed by atoms with E-state index >= 15 is 0 Å². The van der Waals surface area contributed by atoms with Crippen molar-refractivity contribution < 1.29 is 19.1 Å². The number of likely N-dealkylation sites (tertiary alicyclic amines) is 1. The smallest absolute Gasteiger partial charge is 0.408 e. The van der Waals surface area contributed by atoms with E-state index in [-0.39, 0.29) is 13.0 Å². The first kappa shape index (κ1) is 18.9. The van der Waals surface area contributed by atoms with E-state index in [2.05, 4.69) is 5.32 Å². The summed E-state index contributed by atoms with van der Waals surface area (Å²) in [6, 6.07) is 7.86. The molecule has 0 aromatic heterocycles. The van der Waals surface area contributed by atoms with Gasteiger partial charge in [-0.15, -0.1) is 0 Å². The molecule has 2 atom stereocenters. The Morgan fingerprint density at radius 2 is 1.88 bits per heavy atom. The van der Waals surface area contributed by atoms with Crippen LogP contribution in [0.4, 0.5) is 4.79 Å². The molecule has 0 bridgehead atoms. The van der Waals surface area contributed by atoms with Gasteiger partial charge >= 0.3 is 6.09 Å². The highest BCUT2D eigenvalue weighted by Crippen LogP contribution is 2.15. The summed E-state index contributed by atoms with van der Waals surface area (Å²) in [7, 11) is 0. The molecular formula is C18H25N3O4. The molecule has 0 spiro atoms. The molecule has 7 nitrogen and oxygen atoms in total. The van der Waals surface area contributed by atoms with Gasteiger partial charge in [-0.1, -0.05) is 36.8 Å². The molecule has 1 aromatic rings. The van der Waals surface area contributed by atoms with Crippen LogP contribution >= 0.6 is 0 Å². The highest BCUT2D eigenvalue weighted by molar-refractivity contribution is 5.81. The standard InChI is InChI=1S/C18H25N3O4/c19-17(23)16(21-9-5-2-6-10-21)11-15(12-22)20-18(24)25-13-14-7-3-1-4-8-14/h1,3-4,7-8,12,15-16H,2,5-6,9-11,13H2,(H2,19,23)(H,20,24)/t15-,16?/m0/s1. The molecule has 1 aliphatic heterocycles. The quantitative estimate of drug-likeness (QED) is 0.688. The van der Waals surface area contributed by atoms with Crippen molar-refractivity contribution in [2.45, 2.75) is 44.4 Å². The molecule has 1 aromatic carbocycles. The Kier molecular flexibility index (Phi) is 7.40. The normalized spacial score (nSPS) is 17.3. The zero-order valence-electron chi connectivity index (χ0n) is 14.2. The van der Waals surface area contributed by atoms with Crippen LogP contribution in [0.1, 0.15) is 31.2 Å². The highest BCUT2D eigenvalue weighted by Gasteiger charge is 2.29. The van der Waals surface area contributed by atoms with Gasteiger partial charge in [-0.2, -0.15) is 0 Å². The zero-order chi connectivity index (χ0) is 18.1. The third kappa shape index (κ3) is 6.19. The Morgan fingerprint density at radius 1 is 1.20 bits per heavy atom. The maximum atomic E-state index is 11.9. The Hall–Kier alpha value is -2.41. The number of primary amides is 1. The number of benzene rings is 1. The molecule has 1 unspecified atom stereocenters. The molecule has 0 radical (unpaired) electrons. The number of carbonyl (C=O) groups is 3. The van der Waals surface area contributed by atoms with E-state index in [0.29, 0.717) is 6.29 Å². The molecule has 1 heterocycles. The van der Waals surface area contributed by atoms with Gasteiger partial charge in [0, 0.05) is 0 Å². The largest absolute Gasteiger partial charge is 0.445 e. The van der Waals surface area contributed by atoms with Crippen molar-refractivity contribution in [3.05, 3.63) is 35.9 Å². The monoisotopic (exact) mass is 347 g/mol. The number of nitrogens with two attached hydrogens (primary N) is 1. The van der Waals surface area contributed by atoms with E-state index in [9.17, 15) is 14.4 Å². The predicted molar refractivity (Wildman–Crippen MR) is 92.6 cm³/mol. The lowest BCUT2D eigenvalue weighted by molar-refractivity contribution is -0.124. The summed E-state index contributed by atoms with van der Waals surface area (Å²) in [4.78, 5) is 37.0. The summed E-state index contributed by atoms with van der Waals surface area (Å²) >= 11 is 0. The molecule has 1 saturated heterocycles. The fourth-order valence-corrected chi connectivity index (χ4v) is 2.98. The fourth-order valence-electron chi connectivity index (χ4n) is 2.98. The summed E-state index contributed by atoms with van der Waals surface area (Å²) in [6.07, 6.45) is 3.21. The van der Waals surface area contributed by atoms with Crippen LogP contribution in [-0.2, 0) is 20.9 Å². The molecule has 2 amide bonds. The van der Waals surface area contributed by atoms with Gasteiger partial charge in [0.05, 0.1) is 12.1 Å². The summed E-state index contributed by atoms with van der Waals surface area (Å²) in [5.41, 5.74) is 6.35. The van der Waals surface area contributed by atoms with E-state index in [1.165, 1.54) is 0 Å². The number of amides is 2. The van der Waals surface area contributed by atoms with E-state index in [1.54, 1.807) is 0 Å². The minimum Gasteiger partial charge on any atom is -0.445 e. The van der Waals surface area contributed by atoms with E-state index in [0.717, 1.165) is 37.9 Å². The lowest BCUT2D eigenvalue weighted by atomic mass is 10.0. The zero-order valence-corrected chi connectivity index (χ0v) is 14.2. The number of aldehydes is 1. The second kappa shape index (κ2) is 9.78. The van der Waals surface area contributed by atoms with Gasteiger partial charge in [-0.25, -0.2) is 4.79 Å². The number of hydrogen-bond donors (Lipinski definition) is 2. The van der Waals surface area contributed by atoms with Crippen LogP contribution in [0.15, 0.2) is 30.3 Å². The SMILES string of the molecule is NC(=O)C(C[C@@H](C=O)NC(=O)OCc1ccccc1)N1CCCCC1. The van der Waals surface area contributed by atoms with Crippen LogP contribution < -0.4 is 11.1 Å². The van der Waals surface area contributed by atoms with Gasteiger partial charge in [-0.05, 0) is 37.9 Å². The minimum atomic E-state index is -0.817. The van der Waals surface area contributed by atoms with E-state index < -0.39 is 24.1 Å². The van der Waals surface area contributed by atoms with Crippen LogP contribution in [0.2, 0.25) is 0 Å². The fraction of sp³-hybridized carbons (Fsp3) is 0.500. The third-order valence-electron chi connectivity index (χ3n) is 4.32. The number of ether oxygens (including phenoxy) is 1. The molecule has 2 rings (SSSR count). The molecular weight excluding hydrogens is 322 g/mol. The van der Waals surface area contributed by atoms with Crippen LogP contribution in [0.25, 0.3) is 0 Å². The van der Waals surface area contributed by atoms with Crippen molar-refractivity contribution in [1.82, 2.24) is 10.2 Å². The second-order valence-corrected chi connectivity index (χ2v) is 6.20. The summed E-state index contributed by atoms with van der Waals surface area (Å²) < 4.78 is 5.11. The predicted octanol–water partition coefficient (Wildman–Crippen LogP) is 1.21. The van der Waals surface area contributed by atoms with Crippen molar-refractivity contribution in [3.63, 3.8) is 0 Å². The van der Waals surface area contributed by atoms with Crippen molar-refractivity contribution in [2.75, 3.05) is 13.1 Å². The second-order valence-electron chi connectivity index (χ2n) is 6.20. The summed E-state index contributed by atoms with van der Waals surface area (Å²) in [5.74, 6) is -0.479. The summed E-state index contributed by atoms with van der Waals surface area (Å²) in [6.45, 7) is 1.67. The van der Waals surface area contributed by atoms with Crippen LogP contribution in [-0.4, -0.2) is 48.4 Å². The molecule has 3 N–H and O–H groups in total. The number of nitrogens with one attached hydrogen (secondary N) is 1. The topological polar surface area (TPSA) is 102 Å². The Morgan fingerprint density at radius 3 is 2.48 bits per heavy atom. The van der Waals surface area contributed by atoms with Crippen molar-refractivity contribution in [2.24, 2.45) is 5.73 Å². The van der Waals surface area contributed by atoms with E-state index in [4.69, 9.17) is 10.5 Å². The summed E-state index contributed by atoms with van der Waals surface area (Å²) in [5, 5.41) is 2.50. The van der Waals surface area contributed by atoms with Gasteiger partial charge in [0.1, 0.15) is 12.9 Å². The molecule has 0 saturated carbocycles. The molecule has 7 heteroatoms. The first-order valence-electron chi connectivity index (χ1n) is 8.56. The Bertz CT molecular complexity index is 573. The first-order valence-corrected chi connectivity index (χ1v) is 8.56. The number of rotatable bonds is 8. The first-order chi connectivity index (χ1) is 12.1. The van der Waals surface area contributed by atoms with Gasteiger partial charge in [0.2, 0.25) is 5.91 Å². The van der Waals surface area contributed by atoms with E-state index in [1.807, 2.05) is 35.2 Å². The number of hydrogen-bond acceptors (Lipinski definition) is 5. The minimum absolute atomic E-state index is 0.115. The number of nitrogens with zero attached hydrogens (tertiary/aromatic N) is 1. The molecule has 1 aliphatic rings. The lowest BCUT2D eigenvalue weighted by Crippen LogP contribution is -2.51. The van der Waals surface area contributed by atoms with Gasteiger partial charge < -0.3 is 20.6 Å². The average Bonchev–Trinajstić information content (AvgIpc) is 2.64. The highest BCUT2D eigenvalue weighted by atomic mass is 16.5. The maximum absolute atomic E-state index is 11.9.